The van der Waals surface area contributed by atoms with Crippen molar-refractivity contribution in [1.82, 2.24) is 9.62 Å². The first kappa shape index (κ1) is 22.8. The molecule has 3 atom stereocenters. The maximum absolute atomic E-state index is 13.0. The molecular formula is C20H32N2O5S. The number of morpholine rings is 1. The zero-order chi connectivity index (χ0) is 21.1. The molecule has 0 saturated carbocycles. The van der Waals surface area contributed by atoms with Crippen LogP contribution in [0.4, 0.5) is 0 Å². The van der Waals surface area contributed by atoms with Gasteiger partial charge in [-0.25, -0.2) is 13.1 Å². The van der Waals surface area contributed by atoms with Crippen molar-refractivity contribution >= 4 is 16.5 Å². The van der Waals surface area contributed by atoms with Crippen LogP contribution in [0.3, 0.4) is 0 Å². The summed E-state index contributed by atoms with van der Waals surface area (Å²) in [6.45, 7) is 12.2. The Morgan fingerprint density at radius 1 is 1.21 bits per heavy atom. The first-order valence-electron chi connectivity index (χ1n) is 9.62. The minimum absolute atomic E-state index is 0.0513. The molecule has 0 aliphatic carbocycles. The third-order valence-corrected chi connectivity index (χ3v) is 7.21. The Hall–Kier alpha value is -1.48. The van der Waals surface area contributed by atoms with Gasteiger partial charge in [0.25, 0.3) is 6.47 Å². The van der Waals surface area contributed by atoms with E-state index in [1.54, 1.807) is 0 Å². The number of aryl methyl sites for hydroxylation is 3. The van der Waals surface area contributed by atoms with Gasteiger partial charge in [-0.3, -0.25) is 9.69 Å². The standard InChI is InChI=1S/C19H30N2O3S.CH2O2/c1-12(2)18-10-21-9-16(8-17(21)11-24-18)20-25(22,23)19-14(4)6-13(3)7-15(19)5;2-1-3/h6-7,12,16-18,20H,8-11H2,1-5H3;1H,(H,2,3)/t16-,17-,18+;/m0./s1. The van der Waals surface area contributed by atoms with E-state index in [4.69, 9.17) is 14.6 Å². The van der Waals surface area contributed by atoms with Gasteiger partial charge in [0.15, 0.2) is 0 Å². The molecule has 0 amide bonds. The second-order valence-electron chi connectivity index (χ2n) is 8.11. The van der Waals surface area contributed by atoms with Gasteiger partial charge in [-0.2, -0.15) is 0 Å². The van der Waals surface area contributed by atoms with Crippen molar-refractivity contribution in [1.29, 1.82) is 0 Å². The number of rotatable bonds is 4. The van der Waals surface area contributed by atoms with Crippen LogP contribution in [0, 0.1) is 26.7 Å². The van der Waals surface area contributed by atoms with E-state index in [9.17, 15) is 8.42 Å². The minimum Gasteiger partial charge on any atom is -0.483 e. The van der Waals surface area contributed by atoms with Gasteiger partial charge < -0.3 is 9.84 Å². The number of benzene rings is 1. The smallest absolute Gasteiger partial charge is 0.290 e. The Kier molecular flexibility index (Phi) is 7.61. The van der Waals surface area contributed by atoms with E-state index in [2.05, 4.69) is 23.5 Å². The van der Waals surface area contributed by atoms with Gasteiger partial charge in [0.1, 0.15) is 0 Å². The summed E-state index contributed by atoms with van der Waals surface area (Å²) in [6.07, 6.45) is 1.06. The molecule has 1 aromatic carbocycles. The molecule has 0 unspecified atom stereocenters. The van der Waals surface area contributed by atoms with E-state index < -0.39 is 10.0 Å². The number of fused-ring (bicyclic) bond motifs is 1. The predicted molar refractivity (Wildman–Crippen MR) is 108 cm³/mol. The SMILES string of the molecule is Cc1cc(C)c(S(=O)(=O)N[C@H]2C[C@H]3CO[C@@H](C(C)C)CN3C2)c(C)c1.O=CO. The fourth-order valence-corrected chi connectivity index (χ4v) is 5.95. The highest BCUT2D eigenvalue weighted by atomic mass is 32.2. The number of nitrogens with one attached hydrogen (secondary N) is 1. The van der Waals surface area contributed by atoms with Gasteiger partial charge in [-0.05, 0) is 44.2 Å². The highest BCUT2D eigenvalue weighted by Gasteiger charge is 2.39. The fraction of sp³-hybridized carbons (Fsp3) is 0.650. The molecule has 0 bridgehead atoms. The Morgan fingerprint density at radius 3 is 2.32 bits per heavy atom. The molecular weight excluding hydrogens is 380 g/mol. The summed E-state index contributed by atoms with van der Waals surface area (Å²) in [5, 5.41) is 6.89. The molecule has 1 aromatic rings. The lowest BCUT2D eigenvalue weighted by atomic mass is 10.0. The molecule has 0 aromatic heterocycles. The van der Waals surface area contributed by atoms with Gasteiger partial charge >= 0.3 is 0 Å². The minimum atomic E-state index is -3.51. The van der Waals surface area contributed by atoms with E-state index in [1.165, 1.54) is 0 Å². The highest BCUT2D eigenvalue weighted by molar-refractivity contribution is 7.89. The maximum Gasteiger partial charge on any atom is 0.290 e. The van der Waals surface area contributed by atoms with Crippen LogP contribution in [0.15, 0.2) is 17.0 Å². The first-order chi connectivity index (χ1) is 13.1. The third-order valence-electron chi connectivity index (χ3n) is 5.38. The Labute approximate surface area is 168 Å². The number of sulfonamides is 1. The second kappa shape index (κ2) is 9.35. The topological polar surface area (TPSA) is 95.9 Å². The molecule has 2 aliphatic rings. The summed E-state index contributed by atoms with van der Waals surface area (Å²) in [6, 6.07) is 4.13. The van der Waals surface area contributed by atoms with Gasteiger partial charge in [0.2, 0.25) is 10.0 Å². The van der Waals surface area contributed by atoms with Crippen LogP contribution in [-0.2, 0) is 19.6 Å². The molecule has 28 heavy (non-hydrogen) atoms. The molecule has 0 spiro atoms. The number of hydrogen-bond donors (Lipinski definition) is 2. The Balaban J connectivity index is 0.000000878. The summed E-state index contributed by atoms with van der Waals surface area (Å²) in [5.41, 5.74) is 2.71. The van der Waals surface area contributed by atoms with Crippen molar-refractivity contribution in [3.05, 3.63) is 28.8 Å². The van der Waals surface area contributed by atoms with Crippen molar-refractivity contribution in [2.75, 3.05) is 19.7 Å². The molecule has 2 saturated heterocycles. The molecule has 2 N–H and O–H groups in total. The van der Waals surface area contributed by atoms with Crippen molar-refractivity contribution < 1.29 is 23.1 Å². The largest absolute Gasteiger partial charge is 0.483 e. The number of carboxylic acid groups (broad SMARTS) is 1. The van der Waals surface area contributed by atoms with Crippen LogP contribution in [0.5, 0.6) is 0 Å². The summed E-state index contributed by atoms with van der Waals surface area (Å²) < 4.78 is 34.8. The predicted octanol–water partition coefficient (Wildman–Crippen LogP) is 2.09. The van der Waals surface area contributed by atoms with Crippen LogP contribution in [0.25, 0.3) is 0 Å². The molecule has 3 rings (SSSR count). The number of ether oxygens (including phenoxy) is 1. The normalized spacial score (nSPS) is 25.1. The van der Waals surface area contributed by atoms with Crippen molar-refractivity contribution in [3.63, 3.8) is 0 Å². The van der Waals surface area contributed by atoms with Gasteiger partial charge in [0.05, 0.1) is 17.6 Å². The molecule has 2 heterocycles. The Bertz CT molecular complexity index is 771. The maximum atomic E-state index is 13.0. The quantitative estimate of drug-likeness (QED) is 0.735. The molecule has 0 radical (unpaired) electrons. The third kappa shape index (κ3) is 5.31. The lowest BCUT2D eigenvalue weighted by Gasteiger charge is -2.36. The second-order valence-corrected chi connectivity index (χ2v) is 9.76. The Morgan fingerprint density at radius 2 is 1.79 bits per heavy atom. The molecule has 7 nitrogen and oxygen atoms in total. The first-order valence-corrected chi connectivity index (χ1v) is 11.1. The molecule has 8 heteroatoms. The zero-order valence-electron chi connectivity index (χ0n) is 17.3. The number of nitrogens with zero attached hydrogens (tertiary/aromatic N) is 1. The summed E-state index contributed by atoms with van der Waals surface area (Å²) in [7, 11) is -3.51. The van der Waals surface area contributed by atoms with E-state index in [-0.39, 0.29) is 18.6 Å². The lowest BCUT2D eigenvalue weighted by molar-refractivity contribution is -0.122. The number of carbonyl (C=O) groups is 1. The van der Waals surface area contributed by atoms with Gasteiger partial charge in [-0.15, -0.1) is 0 Å². The summed E-state index contributed by atoms with van der Waals surface area (Å²) >= 11 is 0. The van der Waals surface area contributed by atoms with Crippen LogP contribution in [-0.4, -0.2) is 62.8 Å². The summed E-state index contributed by atoms with van der Waals surface area (Å²) in [5.74, 6) is 0.481. The van der Waals surface area contributed by atoms with E-state index in [1.807, 2.05) is 32.9 Å². The van der Waals surface area contributed by atoms with Crippen LogP contribution in [0.2, 0.25) is 0 Å². The van der Waals surface area contributed by atoms with Crippen molar-refractivity contribution in [2.24, 2.45) is 5.92 Å². The van der Waals surface area contributed by atoms with Crippen molar-refractivity contribution in [3.8, 4) is 0 Å². The van der Waals surface area contributed by atoms with E-state index >= 15 is 0 Å². The average molecular weight is 413 g/mol. The van der Waals surface area contributed by atoms with Crippen LogP contribution < -0.4 is 4.72 Å². The van der Waals surface area contributed by atoms with Crippen LogP contribution in [0.1, 0.15) is 37.0 Å². The zero-order valence-corrected chi connectivity index (χ0v) is 18.1. The fourth-order valence-electron chi connectivity index (χ4n) is 4.26. The monoisotopic (exact) mass is 412 g/mol. The highest BCUT2D eigenvalue weighted by Crippen LogP contribution is 2.28. The van der Waals surface area contributed by atoms with Gasteiger partial charge in [-0.1, -0.05) is 31.5 Å². The van der Waals surface area contributed by atoms with Crippen molar-refractivity contribution in [2.45, 2.75) is 64.1 Å². The average Bonchev–Trinajstić information content (AvgIpc) is 2.94. The van der Waals surface area contributed by atoms with E-state index in [0.717, 1.165) is 36.2 Å². The molecule has 2 aliphatic heterocycles. The number of hydrogen-bond acceptors (Lipinski definition) is 5. The summed E-state index contributed by atoms with van der Waals surface area (Å²) in [4.78, 5) is 11.2. The molecule has 158 valence electrons. The van der Waals surface area contributed by atoms with Gasteiger partial charge in [0, 0.05) is 25.2 Å². The van der Waals surface area contributed by atoms with Crippen LogP contribution >= 0.6 is 0 Å². The molecule has 2 fully saturated rings. The van der Waals surface area contributed by atoms with E-state index in [0.29, 0.717) is 23.5 Å². The lowest BCUT2D eigenvalue weighted by Crippen LogP contribution is -2.48.